The summed E-state index contributed by atoms with van der Waals surface area (Å²) in [6.07, 6.45) is -1.06. The van der Waals surface area contributed by atoms with E-state index in [-0.39, 0.29) is 0 Å². The summed E-state index contributed by atoms with van der Waals surface area (Å²) in [5, 5.41) is 0. The van der Waals surface area contributed by atoms with Crippen LogP contribution in [-0.2, 0) is 6.18 Å². The molecule has 1 heterocycles. The molecule has 3 aromatic rings. The first kappa shape index (κ1) is 14.2. The maximum atomic E-state index is 12.6. The van der Waals surface area contributed by atoms with Gasteiger partial charge in [0.05, 0.1) is 17.6 Å². The highest BCUT2D eigenvalue weighted by atomic mass is 19.4. The van der Waals surface area contributed by atoms with Crippen LogP contribution in [0.15, 0.2) is 61.1 Å². The van der Waals surface area contributed by atoms with Crippen molar-refractivity contribution in [2.24, 2.45) is 0 Å². The highest BCUT2D eigenvalue weighted by Gasteiger charge is 2.29. The minimum Gasteiger partial charge on any atom is -0.398 e. The van der Waals surface area contributed by atoms with E-state index in [4.69, 9.17) is 5.73 Å². The van der Waals surface area contributed by atoms with E-state index in [0.29, 0.717) is 17.1 Å². The number of aromatic nitrogens is 2. The van der Waals surface area contributed by atoms with E-state index in [1.54, 1.807) is 23.2 Å². The lowest BCUT2D eigenvalue weighted by molar-refractivity contribution is -0.137. The number of para-hydroxylation sites is 1. The molecule has 0 aliphatic heterocycles. The number of benzene rings is 2. The van der Waals surface area contributed by atoms with Crippen LogP contribution in [-0.4, -0.2) is 9.55 Å². The smallest absolute Gasteiger partial charge is 0.398 e. The Morgan fingerprint density at radius 3 is 2.27 bits per heavy atom. The number of rotatable bonds is 2. The second kappa shape index (κ2) is 5.22. The first-order valence-corrected chi connectivity index (χ1v) is 6.51. The third-order valence-electron chi connectivity index (χ3n) is 3.31. The molecule has 0 unspecified atom stereocenters. The molecule has 0 atom stereocenters. The van der Waals surface area contributed by atoms with Crippen molar-refractivity contribution in [1.29, 1.82) is 0 Å². The van der Waals surface area contributed by atoms with Gasteiger partial charge in [0, 0.05) is 23.1 Å². The van der Waals surface area contributed by atoms with E-state index in [1.807, 2.05) is 18.2 Å². The fourth-order valence-electron chi connectivity index (χ4n) is 2.16. The molecule has 0 bridgehead atoms. The maximum Gasteiger partial charge on any atom is 0.416 e. The van der Waals surface area contributed by atoms with Crippen LogP contribution in [0.2, 0.25) is 0 Å². The van der Waals surface area contributed by atoms with Crippen molar-refractivity contribution in [2.75, 3.05) is 5.73 Å². The van der Waals surface area contributed by atoms with Crippen LogP contribution >= 0.6 is 0 Å². The van der Waals surface area contributed by atoms with E-state index >= 15 is 0 Å². The van der Waals surface area contributed by atoms with Gasteiger partial charge in [0.2, 0.25) is 0 Å². The Morgan fingerprint density at radius 1 is 0.955 bits per heavy atom. The van der Waals surface area contributed by atoms with Crippen LogP contribution in [0.1, 0.15) is 5.56 Å². The SMILES string of the molecule is Nc1ccccc1-c1cn(-c2ccc(C(F)(F)F)cc2)cn1. The Bertz CT molecular complexity index is 789. The number of nitrogens with two attached hydrogens (primary N) is 1. The molecule has 3 rings (SSSR count). The Morgan fingerprint density at radius 2 is 1.64 bits per heavy atom. The van der Waals surface area contributed by atoms with Crippen molar-refractivity contribution in [1.82, 2.24) is 9.55 Å². The van der Waals surface area contributed by atoms with E-state index < -0.39 is 11.7 Å². The molecule has 2 aromatic carbocycles. The lowest BCUT2D eigenvalue weighted by atomic mass is 10.1. The van der Waals surface area contributed by atoms with Gasteiger partial charge in [-0.05, 0) is 30.3 Å². The minimum absolute atomic E-state index is 0.597. The molecule has 0 saturated heterocycles. The zero-order chi connectivity index (χ0) is 15.7. The summed E-state index contributed by atoms with van der Waals surface area (Å²) in [5.41, 5.74) is 7.86. The van der Waals surface area contributed by atoms with Gasteiger partial charge >= 0.3 is 6.18 Å². The second-order valence-corrected chi connectivity index (χ2v) is 4.80. The van der Waals surface area contributed by atoms with Gasteiger partial charge in [-0.2, -0.15) is 13.2 Å². The molecule has 0 radical (unpaired) electrons. The summed E-state index contributed by atoms with van der Waals surface area (Å²) in [6.45, 7) is 0. The number of nitrogen functional groups attached to an aromatic ring is 1. The van der Waals surface area contributed by atoms with Crippen molar-refractivity contribution >= 4 is 5.69 Å². The molecular formula is C16H12F3N3. The summed E-state index contributed by atoms with van der Waals surface area (Å²) in [6, 6.07) is 12.2. The summed E-state index contributed by atoms with van der Waals surface area (Å²) in [4.78, 5) is 4.26. The topological polar surface area (TPSA) is 43.8 Å². The summed E-state index contributed by atoms with van der Waals surface area (Å²) in [5.74, 6) is 0. The molecule has 0 fully saturated rings. The quantitative estimate of drug-likeness (QED) is 0.723. The summed E-state index contributed by atoms with van der Waals surface area (Å²) in [7, 11) is 0. The first-order chi connectivity index (χ1) is 10.4. The van der Waals surface area contributed by atoms with Crippen LogP contribution < -0.4 is 5.73 Å². The third kappa shape index (κ3) is 2.67. The molecule has 1 aromatic heterocycles. The Labute approximate surface area is 124 Å². The first-order valence-electron chi connectivity index (χ1n) is 6.51. The van der Waals surface area contributed by atoms with Crippen LogP contribution in [0.3, 0.4) is 0 Å². The third-order valence-corrected chi connectivity index (χ3v) is 3.31. The largest absolute Gasteiger partial charge is 0.416 e. The standard InChI is InChI=1S/C16H12F3N3/c17-16(18,19)11-5-7-12(8-6-11)22-9-15(21-10-22)13-3-1-2-4-14(13)20/h1-10H,20H2. The van der Waals surface area contributed by atoms with Gasteiger partial charge < -0.3 is 10.3 Å². The van der Waals surface area contributed by atoms with Gasteiger partial charge in [0.1, 0.15) is 0 Å². The van der Waals surface area contributed by atoms with Gasteiger partial charge in [-0.3, -0.25) is 0 Å². The van der Waals surface area contributed by atoms with E-state index in [0.717, 1.165) is 17.7 Å². The molecule has 112 valence electrons. The molecule has 3 nitrogen and oxygen atoms in total. The Hall–Kier alpha value is -2.76. The van der Waals surface area contributed by atoms with Crippen LogP contribution in [0.25, 0.3) is 16.9 Å². The molecule has 2 N–H and O–H groups in total. The van der Waals surface area contributed by atoms with Crippen molar-refractivity contribution in [3.05, 3.63) is 66.6 Å². The van der Waals surface area contributed by atoms with Crippen LogP contribution in [0, 0.1) is 0 Å². The summed E-state index contributed by atoms with van der Waals surface area (Å²) < 4.78 is 39.3. The zero-order valence-corrected chi connectivity index (χ0v) is 11.4. The average molecular weight is 303 g/mol. The zero-order valence-electron chi connectivity index (χ0n) is 11.4. The molecule has 22 heavy (non-hydrogen) atoms. The van der Waals surface area contributed by atoms with E-state index in [1.165, 1.54) is 12.1 Å². The predicted molar refractivity (Wildman–Crippen MR) is 78.4 cm³/mol. The lowest BCUT2D eigenvalue weighted by Crippen LogP contribution is -2.04. The average Bonchev–Trinajstić information content (AvgIpc) is 2.96. The van der Waals surface area contributed by atoms with Crippen LogP contribution in [0.4, 0.5) is 18.9 Å². The predicted octanol–water partition coefficient (Wildman–Crippen LogP) is 4.14. The molecule has 0 amide bonds. The van der Waals surface area contributed by atoms with Gasteiger partial charge in [0.25, 0.3) is 0 Å². The second-order valence-electron chi connectivity index (χ2n) is 4.80. The van der Waals surface area contributed by atoms with E-state index in [2.05, 4.69) is 4.98 Å². The molecular weight excluding hydrogens is 291 g/mol. The fraction of sp³-hybridized carbons (Fsp3) is 0.0625. The minimum atomic E-state index is -4.34. The van der Waals surface area contributed by atoms with E-state index in [9.17, 15) is 13.2 Å². The van der Waals surface area contributed by atoms with Crippen molar-refractivity contribution in [3.63, 3.8) is 0 Å². The van der Waals surface area contributed by atoms with Crippen molar-refractivity contribution < 1.29 is 13.2 Å². The highest BCUT2D eigenvalue weighted by Crippen LogP contribution is 2.30. The molecule has 6 heteroatoms. The number of hydrogen-bond acceptors (Lipinski definition) is 2. The van der Waals surface area contributed by atoms with Crippen LogP contribution in [0.5, 0.6) is 0 Å². The summed E-state index contributed by atoms with van der Waals surface area (Å²) >= 11 is 0. The molecule has 0 aliphatic rings. The lowest BCUT2D eigenvalue weighted by Gasteiger charge is -2.07. The van der Waals surface area contributed by atoms with Gasteiger partial charge in [-0.25, -0.2) is 4.98 Å². The van der Waals surface area contributed by atoms with Gasteiger partial charge in [0.15, 0.2) is 0 Å². The number of hydrogen-bond donors (Lipinski definition) is 1. The Kier molecular flexibility index (Phi) is 3.36. The van der Waals surface area contributed by atoms with Gasteiger partial charge in [-0.15, -0.1) is 0 Å². The number of imidazole rings is 1. The van der Waals surface area contributed by atoms with Crippen molar-refractivity contribution in [3.8, 4) is 16.9 Å². The normalized spacial score (nSPS) is 11.6. The number of nitrogens with zero attached hydrogens (tertiary/aromatic N) is 2. The Balaban J connectivity index is 1.93. The molecule has 0 aliphatic carbocycles. The monoisotopic (exact) mass is 303 g/mol. The number of halogens is 3. The molecule has 0 spiro atoms. The maximum absolute atomic E-state index is 12.6. The highest BCUT2D eigenvalue weighted by molar-refractivity contribution is 5.73. The number of anilines is 1. The van der Waals surface area contributed by atoms with Crippen molar-refractivity contribution in [2.45, 2.75) is 6.18 Å². The fourth-order valence-corrected chi connectivity index (χ4v) is 2.16. The van der Waals surface area contributed by atoms with Gasteiger partial charge in [-0.1, -0.05) is 18.2 Å². The molecule has 0 saturated carbocycles. The number of alkyl halides is 3.